The van der Waals surface area contributed by atoms with Gasteiger partial charge in [0, 0.05) is 25.8 Å². The number of ether oxygens (including phenoxy) is 4. The minimum atomic E-state index is -0.761. The number of carbonyl (C=O) groups excluding carboxylic acids is 3. The van der Waals surface area contributed by atoms with E-state index in [0.29, 0.717) is 25.9 Å². The Bertz CT molecular complexity index is 924. The van der Waals surface area contributed by atoms with Crippen LogP contribution >= 0.6 is 0 Å². The average Bonchev–Trinajstić information content (AvgIpc) is 3.35. The summed E-state index contributed by atoms with van der Waals surface area (Å²) in [7, 11) is 0. The van der Waals surface area contributed by atoms with Gasteiger partial charge in [-0.15, -0.1) is 0 Å². The summed E-state index contributed by atoms with van der Waals surface area (Å²) in [6.07, 6.45) is 5.86. The highest BCUT2D eigenvalue weighted by atomic mass is 16.6. The second-order valence-corrected chi connectivity index (χ2v) is 9.98. The maximum Gasteiger partial charge on any atom is 0.313 e. The normalized spacial score (nSPS) is 42.4. The van der Waals surface area contributed by atoms with E-state index in [-0.39, 0.29) is 42.5 Å². The zero-order valence-corrected chi connectivity index (χ0v) is 18.8. The van der Waals surface area contributed by atoms with Crippen LogP contribution in [-0.4, -0.2) is 42.8 Å². The molecule has 2 aliphatic carbocycles. The smallest absolute Gasteiger partial charge is 0.313 e. The Hall–Kier alpha value is -2.35. The molecule has 0 amide bonds. The maximum absolute atomic E-state index is 13.6. The van der Waals surface area contributed by atoms with E-state index in [4.69, 9.17) is 23.4 Å². The van der Waals surface area contributed by atoms with Crippen LogP contribution in [0, 0.1) is 22.7 Å². The van der Waals surface area contributed by atoms with Gasteiger partial charge in [-0.25, -0.2) is 0 Å². The van der Waals surface area contributed by atoms with Crippen molar-refractivity contribution in [3.8, 4) is 0 Å². The summed E-state index contributed by atoms with van der Waals surface area (Å²) in [4.78, 5) is 37.3. The molecule has 1 aromatic heterocycles. The van der Waals surface area contributed by atoms with E-state index in [2.05, 4.69) is 6.92 Å². The molecular formula is C24H30O8. The molecule has 7 atom stereocenters. The van der Waals surface area contributed by atoms with E-state index >= 15 is 0 Å². The quantitative estimate of drug-likeness (QED) is 0.513. The van der Waals surface area contributed by atoms with Crippen LogP contribution in [0.4, 0.5) is 0 Å². The molecule has 2 spiro atoms. The molecule has 2 saturated carbocycles. The molecule has 3 heterocycles. The van der Waals surface area contributed by atoms with E-state index in [0.717, 1.165) is 18.4 Å². The van der Waals surface area contributed by atoms with Gasteiger partial charge >= 0.3 is 17.9 Å². The van der Waals surface area contributed by atoms with Crippen LogP contribution in [0.25, 0.3) is 0 Å². The molecule has 4 aliphatic rings. The molecule has 0 unspecified atom stereocenters. The lowest BCUT2D eigenvalue weighted by molar-refractivity contribution is -0.373. The summed E-state index contributed by atoms with van der Waals surface area (Å²) in [6, 6.07) is 1.83. The monoisotopic (exact) mass is 446 g/mol. The Labute approximate surface area is 186 Å². The van der Waals surface area contributed by atoms with E-state index < -0.39 is 22.5 Å². The van der Waals surface area contributed by atoms with Crippen LogP contribution in [0.2, 0.25) is 0 Å². The van der Waals surface area contributed by atoms with Gasteiger partial charge in [-0.1, -0.05) is 13.3 Å². The van der Waals surface area contributed by atoms with Crippen LogP contribution in [0.5, 0.6) is 0 Å². The van der Waals surface area contributed by atoms with Crippen molar-refractivity contribution in [1.82, 2.24) is 0 Å². The summed E-state index contributed by atoms with van der Waals surface area (Å²) >= 11 is 0. The molecule has 0 radical (unpaired) electrons. The first-order valence-electron chi connectivity index (χ1n) is 11.4. The number of esters is 3. The number of hydrogen-bond donors (Lipinski definition) is 0. The topological polar surface area (TPSA) is 101 Å². The van der Waals surface area contributed by atoms with Crippen molar-refractivity contribution in [3.05, 3.63) is 24.2 Å². The third-order valence-corrected chi connectivity index (χ3v) is 8.66. The van der Waals surface area contributed by atoms with Crippen LogP contribution in [-0.2, 0) is 33.3 Å². The van der Waals surface area contributed by atoms with E-state index in [1.54, 1.807) is 12.5 Å². The SMILES string of the molecule is CC(=O)OC[C@]12CCC[C@@H]3[C@@]4(C[C@@H](c5ccoc5)OC4=O)[C@H](C)C[C@@H](OC(C)=O)[C@]31CO2. The number of hydrogen-bond acceptors (Lipinski definition) is 8. The standard InChI is InChI=1S/C24H30O8/c1-14-9-20(31-16(3)26)24-13-30-22(24,12-29-15(2)25)7-4-5-19(24)23(14)10-18(32-21(23)27)17-6-8-28-11-17/h6,8,11,14,18-20H,4-5,7,9-10,12-13H2,1-3H3/t14-,18+,19-,20-,22-,23-,24+/m1/s1. The van der Waals surface area contributed by atoms with Gasteiger partial charge in [-0.05, 0) is 37.2 Å². The number of cyclic esters (lactones) is 1. The van der Waals surface area contributed by atoms with E-state index in [1.165, 1.54) is 13.8 Å². The lowest BCUT2D eigenvalue weighted by Crippen LogP contribution is -2.79. The lowest BCUT2D eigenvalue weighted by Gasteiger charge is -2.71. The van der Waals surface area contributed by atoms with Gasteiger partial charge in [0.1, 0.15) is 24.4 Å². The first-order valence-corrected chi connectivity index (χ1v) is 11.4. The largest absolute Gasteiger partial charge is 0.472 e. The Morgan fingerprint density at radius 2 is 2.06 bits per heavy atom. The van der Waals surface area contributed by atoms with Crippen molar-refractivity contribution in [2.45, 2.75) is 70.7 Å². The van der Waals surface area contributed by atoms with Crippen LogP contribution in [0.15, 0.2) is 23.0 Å². The molecule has 0 N–H and O–H groups in total. The molecule has 2 aliphatic heterocycles. The van der Waals surface area contributed by atoms with Gasteiger partial charge < -0.3 is 23.4 Å². The predicted molar refractivity (Wildman–Crippen MR) is 109 cm³/mol. The molecule has 1 aromatic rings. The van der Waals surface area contributed by atoms with Crippen molar-refractivity contribution in [2.75, 3.05) is 13.2 Å². The second-order valence-electron chi connectivity index (χ2n) is 9.98. The summed E-state index contributed by atoms with van der Waals surface area (Å²) in [6.45, 7) is 5.32. The second kappa shape index (κ2) is 7.33. The van der Waals surface area contributed by atoms with Crippen molar-refractivity contribution >= 4 is 17.9 Å². The van der Waals surface area contributed by atoms with Gasteiger partial charge in [0.15, 0.2) is 0 Å². The number of fused-ring (bicyclic) bond motifs is 1. The molecule has 0 aromatic carbocycles. The minimum Gasteiger partial charge on any atom is -0.472 e. The first kappa shape index (κ1) is 21.5. The lowest BCUT2D eigenvalue weighted by atomic mass is 9.40. The third-order valence-electron chi connectivity index (χ3n) is 8.66. The minimum absolute atomic E-state index is 0.0444. The zero-order valence-electron chi connectivity index (χ0n) is 18.8. The highest BCUT2D eigenvalue weighted by molar-refractivity contribution is 5.81. The van der Waals surface area contributed by atoms with Crippen LogP contribution < -0.4 is 0 Å². The number of furan rings is 1. The van der Waals surface area contributed by atoms with Gasteiger partial charge in [-0.3, -0.25) is 14.4 Å². The molecule has 32 heavy (non-hydrogen) atoms. The molecule has 5 rings (SSSR count). The van der Waals surface area contributed by atoms with Gasteiger partial charge in [0.05, 0.1) is 30.0 Å². The van der Waals surface area contributed by atoms with Gasteiger partial charge in [0.2, 0.25) is 0 Å². The van der Waals surface area contributed by atoms with Crippen molar-refractivity contribution in [3.63, 3.8) is 0 Å². The zero-order chi connectivity index (χ0) is 22.7. The van der Waals surface area contributed by atoms with Crippen LogP contribution in [0.1, 0.15) is 64.5 Å². The van der Waals surface area contributed by atoms with Gasteiger partial charge in [-0.2, -0.15) is 0 Å². The fraction of sp³-hybridized carbons (Fsp3) is 0.708. The third kappa shape index (κ3) is 2.74. The molecule has 8 heteroatoms. The fourth-order valence-electron chi connectivity index (χ4n) is 7.25. The molecule has 4 fully saturated rings. The number of rotatable bonds is 4. The Morgan fingerprint density at radius 3 is 2.69 bits per heavy atom. The van der Waals surface area contributed by atoms with Crippen molar-refractivity contribution in [1.29, 1.82) is 0 Å². The van der Waals surface area contributed by atoms with Crippen molar-refractivity contribution < 1.29 is 37.7 Å². The van der Waals surface area contributed by atoms with Gasteiger partial charge in [0.25, 0.3) is 0 Å². The fourth-order valence-corrected chi connectivity index (χ4v) is 7.25. The highest BCUT2D eigenvalue weighted by Crippen LogP contribution is 2.72. The van der Waals surface area contributed by atoms with Crippen LogP contribution in [0.3, 0.4) is 0 Å². The van der Waals surface area contributed by atoms with E-state index in [1.807, 2.05) is 6.07 Å². The molecule has 174 valence electrons. The number of carbonyl (C=O) groups is 3. The highest BCUT2D eigenvalue weighted by Gasteiger charge is 2.79. The maximum atomic E-state index is 13.6. The molecule has 8 nitrogen and oxygen atoms in total. The Kier molecular flexibility index (Phi) is 4.93. The van der Waals surface area contributed by atoms with E-state index in [9.17, 15) is 14.4 Å². The Morgan fingerprint density at radius 1 is 1.25 bits per heavy atom. The Balaban J connectivity index is 1.58. The predicted octanol–water partition coefficient (Wildman–Crippen LogP) is 3.34. The average molecular weight is 446 g/mol. The summed E-state index contributed by atoms with van der Waals surface area (Å²) < 4.78 is 28.7. The first-order chi connectivity index (χ1) is 15.2. The molecular weight excluding hydrogens is 416 g/mol. The summed E-state index contributed by atoms with van der Waals surface area (Å²) in [5.74, 6) is -1.08. The summed E-state index contributed by atoms with van der Waals surface area (Å²) in [5.41, 5.74) is -1.22. The molecule has 2 saturated heterocycles. The van der Waals surface area contributed by atoms with Crippen molar-refractivity contribution in [2.24, 2.45) is 22.7 Å². The molecule has 0 bridgehead atoms. The summed E-state index contributed by atoms with van der Waals surface area (Å²) in [5, 5.41) is 0.